The monoisotopic (exact) mass is 222 g/mol. The van der Waals surface area contributed by atoms with Crippen molar-refractivity contribution in [2.75, 3.05) is 12.4 Å². The SMILES string of the molecule is CCSC1OC(CO)C(O)C(O)C1C. The van der Waals surface area contributed by atoms with Crippen LogP contribution in [0, 0.1) is 5.92 Å². The molecule has 1 rings (SSSR count). The zero-order valence-corrected chi connectivity index (χ0v) is 9.28. The minimum absolute atomic E-state index is 0.113. The molecule has 0 radical (unpaired) electrons. The second-order valence-corrected chi connectivity index (χ2v) is 4.90. The molecule has 5 unspecified atom stereocenters. The summed E-state index contributed by atoms with van der Waals surface area (Å²) in [4.78, 5) is 0. The Labute approximate surface area is 88.3 Å². The van der Waals surface area contributed by atoms with Crippen LogP contribution < -0.4 is 0 Å². The number of aliphatic hydroxyl groups is 3. The molecular weight excluding hydrogens is 204 g/mol. The number of hydrogen-bond donors (Lipinski definition) is 3. The van der Waals surface area contributed by atoms with Crippen LogP contribution in [0.25, 0.3) is 0 Å². The third kappa shape index (κ3) is 2.41. The summed E-state index contributed by atoms with van der Waals surface area (Å²) in [5, 5.41) is 28.2. The number of rotatable bonds is 3. The van der Waals surface area contributed by atoms with Gasteiger partial charge in [-0.3, -0.25) is 0 Å². The maximum atomic E-state index is 9.69. The average molecular weight is 222 g/mol. The fourth-order valence-electron chi connectivity index (χ4n) is 1.57. The first-order valence-electron chi connectivity index (χ1n) is 4.85. The second kappa shape index (κ2) is 5.32. The lowest BCUT2D eigenvalue weighted by atomic mass is 9.94. The minimum Gasteiger partial charge on any atom is -0.394 e. The summed E-state index contributed by atoms with van der Waals surface area (Å²) in [5.41, 5.74) is -0.143. The summed E-state index contributed by atoms with van der Waals surface area (Å²) < 4.78 is 5.47. The van der Waals surface area contributed by atoms with Gasteiger partial charge in [0.1, 0.15) is 17.6 Å². The summed E-state index contributed by atoms with van der Waals surface area (Å²) in [6, 6.07) is 0. The second-order valence-electron chi connectivity index (χ2n) is 3.52. The minimum atomic E-state index is -0.983. The first kappa shape index (κ1) is 12.3. The summed E-state index contributed by atoms with van der Waals surface area (Å²) in [6.07, 6.45) is -2.46. The number of thioether (sulfide) groups is 1. The van der Waals surface area contributed by atoms with E-state index in [4.69, 9.17) is 9.84 Å². The molecule has 1 aliphatic heterocycles. The number of hydrogen-bond acceptors (Lipinski definition) is 5. The van der Waals surface area contributed by atoms with Gasteiger partial charge in [-0.05, 0) is 5.75 Å². The van der Waals surface area contributed by atoms with Crippen LogP contribution in [0.2, 0.25) is 0 Å². The van der Waals surface area contributed by atoms with Crippen molar-refractivity contribution in [3.8, 4) is 0 Å². The quantitative estimate of drug-likeness (QED) is 0.618. The molecule has 14 heavy (non-hydrogen) atoms. The Balaban J connectivity index is 2.63. The Bertz CT molecular complexity index is 174. The molecule has 0 amide bonds. The van der Waals surface area contributed by atoms with E-state index in [-0.39, 0.29) is 18.0 Å². The highest BCUT2D eigenvalue weighted by atomic mass is 32.2. The molecule has 0 aromatic carbocycles. The van der Waals surface area contributed by atoms with Gasteiger partial charge in [0, 0.05) is 5.92 Å². The Morgan fingerprint density at radius 3 is 2.43 bits per heavy atom. The van der Waals surface area contributed by atoms with E-state index in [0.717, 1.165) is 5.75 Å². The van der Waals surface area contributed by atoms with Crippen LogP contribution in [0.3, 0.4) is 0 Å². The highest BCUT2D eigenvalue weighted by Crippen LogP contribution is 2.32. The van der Waals surface area contributed by atoms with Crippen molar-refractivity contribution in [2.24, 2.45) is 5.92 Å². The van der Waals surface area contributed by atoms with Crippen molar-refractivity contribution in [3.05, 3.63) is 0 Å². The smallest absolute Gasteiger partial charge is 0.110 e. The third-order valence-electron chi connectivity index (χ3n) is 2.52. The molecular formula is C9H18O4S. The Morgan fingerprint density at radius 2 is 1.93 bits per heavy atom. The van der Waals surface area contributed by atoms with Crippen molar-refractivity contribution in [1.29, 1.82) is 0 Å². The molecule has 3 N–H and O–H groups in total. The number of ether oxygens (including phenoxy) is 1. The van der Waals surface area contributed by atoms with E-state index in [2.05, 4.69) is 0 Å². The van der Waals surface area contributed by atoms with E-state index in [9.17, 15) is 10.2 Å². The molecule has 1 saturated heterocycles. The molecule has 84 valence electrons. The molecule has 5 atom stereocenters. The van der Waals surface area contributed by atoms with Crippen molar-refractivity contribution in [1.82, 2.24) is 0 Å². The van der Waals surface area contributed by atoms with Gasteiger partial charge >= 0.3 is 0 Å². The first-order chi connectivity index (χ1) is 6.61. The molecule has 5 heteroatoms. The number of aliphatic hydroxyl groups excluding tert-OH is 3. The highest BCUT2D eigenvalue weighted by Gasteiger charge is 2.41. The van der Waals surface area contributed by atoms with Crippen LogP contribution in [-0.2, 0) is 4.74 Å². The predicted molar refractivity (Wildman–Crippen MR) is 55.1 cm³/mol. The van der Waals surface area contributed by atoms with Crippen LogP contribution in [0.5, 0.6) is 0 Å². The molecule has 1 fully saturated rings. The van der Waals surface area contributed by atoms with Crippen molar-refractivity contribution >= 4 is 11.8 Å². The molecule has 4 nitrogen and oxygen atoms in total. The normalized spacial score (nSPS) is 43.9. The van der Waals surface area contributed by atoms with Gasteiger partial charge in [-0.15, -0.1) is 11.8 Å². The van der Waals surface area contributed by atoms with Gasteiger partial charge in [0.15, 0.2) is 0 Å². The van der Waals surface area contributed by atoms with E-state index in [1.54, 1.807) is 11.8 Å². The topological polar surface area (TPSA) is 69.9 Å². The maximum Gasteiger partial charge on any atom is 0.110 e. The van der Waals surface area contributed by atoms with E-state index in [1.807, 2.05) is 13.8 Å². The molecule has 1 heterocycles. The van der Waals surface area contributed by atoms with E-state index in [1.165, 1.54) is 0 Å². The molecule has 0 saturated carbocycles. The highest BCUT2D eigenvalue weighted by molar-refractivity contribution is 7.99. The van der Waals surface area contributed by atoms with Crippen LogP contribution in [-0.4, -0.2) is 51.4 Å². The van der Waals surface area contributed by atoms with Gasteiger partial charge in [0.25, 0.3) is 0 Å². The van der Waals surface area contributed by atoms with Gasteiger partial charge in [-0.1, -0.05) is 13.8 Å². The Morgan fingerprint density at radius 1 is 1.29 bits per heavy atom. The van der Waals surface area contributed by atoms with E-state index in [0.29, 0.717) is 0 Å². The third-order valence-corrected chi connectivity index (χ3v) is 3.72. The summed E-state index contributed by atoms with van der Waals surface area (Å²) in [7, 11) is 0. The van der Waals surface area contributed by atoms with Gasteiger partial charge in [0.05, 0.1) is 12.7 Å². The zero-order chi connectivity index (χ0) is 10.7. The molecule has 0 aromatic heterocycles. The van der Waals surface area contributed by atoms with Gasteiger partial charge in [-0.25, -0.2) is 0 Å². The van der Waals surface area contributed by atoms with Crippen molar-refractivity contribution < 1.29 is 20.1 Å². The molecule has 0 bridgehead atoms. The first-order valence-corrected chi connectivity index (χ1v) is 5.90. The zero-order valence-electron chi connectivity index (χ0n) is 8.46. The summed E-state index contributed by atoms with van der Waals surface area (Å²) in [6.45, 7) is 3.59. The Hall–Kier alpha value is 0.190. The van der Waals surface area contributed by atoms with Gasteiger partial charge < -0.3 is 20.1 Å². The lowest BCUT2D eigenvalue weighted by Gasteiger charge is -2.40. The van der Waals surface area contributed by atoms with Crippen LogP contribution in [0.15, 0.2) is 0 Å². The average Bonchev–Trinajstić information content (AvgIpc) is 2.19. The van der Waals surface area contributed by atoms with E-state index >= 15 is 0 Å². The lowest BCUT2D eigenvalue weighted by Crippen LogP contribution is -2.53. The van der Waals surface area contributed by atoms with Crippen molar-refractivity contribution in [2.45, 2.75) is 37.6 Å². The van der Waals surface area contributed by atoms with Crippen LogP contribution >= 0.6 is 11.8 Å². The van der Waals surface area contributed by atoms with Gasteiger partial charge in [-0.2, -0.15) is 0 Å². The molecule has 0 aliphatic carbocycles. The fraction of sp³-hybridized carbons (Fsp3) is 1.00. The predicted octanol–water partition coefficient (Wildman–Crippen LogP) is -0.185. The van der Waals surface area contributed by atoms with Gasteiger partial charge in [0.2, 0.25) is 0 Å². The molecule has 1 aliphatic rings. The molecule has 0 aromatic rings. The Kier molecular flexibility index (Phi) is 4.66. The summed E-state index contributed by atoms with van der Waals surface area (Å²) in [5.74, 6) is 0.772. The standard InChI is InChI=1S/C9H18O4S/c1-3-14-9-5(2)7(11)8(12)6(4-10)13-9/h5-12H,3-4H2,1-2H3. The molecule has 0 spiro atoms. The maximum absolute atomic E-state index is 9.69. The lowest BCUT2D eigenvalue weighted by molar-refractivity contribution is -0.181. The van der Waals surface area contributed by atoms with Crippen LogP contribution in [0.1, 0.15) is 13.8 Å². The summed E-state index contributed by atoms with van der Waals surface area (Å²) >= 11 is 1.58. The van der Waals surface area contributed by atoms with E-state index < -0.39 is 18.3 Å². The van der Waals surface area contributed by atoms with Crippen LogP contribution in [0.4, 0.5) is 0 Å². The largest absolute Gasteiger partial charge is 0.394 e. The van der Waals surface area contributed by atoms with Crippen molar-refractivity contribution in [3.63, 3.8) is 0 Å². The fourth-order valence-corrected chi connectivity index (χ4v) is 2.59.